The van der Waals surface area contributed by atoms with E-state index < -0.39 is 8.07 Å². The molecule has 2 aliphatic heterocycles. The van der Waals surface area contributed by atoms with Crippen molar-refractivity contribution in [2.45, 2.75) is 0 Å². The first-order valence-corrected chi connectivity index (χ1v) is 13.9. The molecule has 35 heavy (non-hydrogen) atoms. The van der Waals surface area contributed by atoms with Crippen LogP contribution in [0.2, 0.25) is 0 Å². The lowest BCUT2D eigenvalue weighted by atomic mass is 10.1. The fraction of sp³-hybridized carbons (Fsp3) is 0. The Hall–Kier alpha value is -4.34. The van der Waals surface area contributed by atoms with E-state index in [4.69, 9.17) is 9.47 Å². The Morgan fingerprint density at radius 1 is 0.371 bits per heavy atom. The molecule has 164 valence electrons. The van der Waals surface area contributed by atoms with E-state index in [0.717, 1.165) is 23.0 Å². The summed E-state index contributed by atoms with van der Waals surface area (Å²) >= 11 is 0. The molecule has 0 aliphatic carbocycles. The molecule has 0 fully saturated rings. The third kappa shape index (κ3) is 2.38. The molecule has 0 N–H and O–H groups in total. The first-order chi connectivity index (χ1) is 17.4. The lowest BCUT2D eigenvalue weighted by Crippen LogP contribution is -2.77. The van der Waals surface area contributed by atoms with Gasteiger partial charge in [0, 0.05) is 15.6 Å². The highest BCUT2D eigenvalue weighted by atomic mass is 28.3. The lowest BCUT2D eigenvalue weighted by Gasteiger charge is -2.44. The third-order valence-corrected chi connectivity index (χ3v) is 12.5. The topological polar surface area (TPSA) is 18.5 Å². The zero-order valence-corrected chi connectivity index (χ0v) is 19.9. The maximum Gasteiger partial charge on any atom is 0.198 e. The van der Waals surface area contributed by atoms with Crippen LogP contribution in [0, 0.1) is 0 Å². The molecule has 0 unspecified atom stereocenters. The van der Waals surface area contributed by atoms with Crippen LogP contribution in [-0.2, 0) is 0 Å². The van der Waals surface area contributed by atoms with Crippen LogP contribution in [-0.4, -0.2) is 8.07 Å². The van der Waals surface area contributed by atoms with E-state index in [1.807, 2.05) is 6.07 Å². The zero-order chi connectivity index (χ0) is 23.0. The summed E-state index contributed by atoms with van der Waals surface area (Å²) < 4.78 is 13.3. The molecule has 6 aromatic carbocycles. The molecule has 0 saturated carbocycles. The van der Waals surface area contributed by atoms with Crippen molar-refractivity contribution in [2.75, 3.05) is 0 Å². The Balaban J connectivity index is 1.69. The molecular formula is C32H20O2Si. The zero-order valence-electron chi connectivity index (χ0n) is 18.9. The molecule has 0 aromatic heterocycles. The van der Waals surface area contributed by atoms with E-state index in [1.165, 1.54) is 42.3 Å². The number of hydrogen-bond acceptors (Lipinski definition) is 2. The summed E-state index contributed by atoms with van der Waals surface area (Å²) in [6, 6.07) is 43.4. The van der Waals surface area contributed by atoms with Gasteiger partial charge in [0.05, 0.1) is 0 Å². The second-order valence-corrected chi connectivity index (χ2v) is 12.8. The average molecular weight is 465 g/mol. The lowest BCUT2D eigenvalue weighted by molar-refractivity contribution is 0.464. The maximum atomic E-state index is 6.66. The summed E-state index contributed by atoms with van der Waals surface area (Å²) in [4.78, 5) is 0. The first kappa shape index (κ1) is 19.0. The van der Waals surface area contributed by atoms with Crippen molar-refractivity contribution < 1.29 is 9.47 Å². The predicted molar refractivity (Wildman–Crippen MR) is 145 cm³/mol. The minimum Gasteiger partial charge on any atom is -0.457 e. The van der Waals surface area contributed by atoms with Gasteiger partial charge < -0.3 is 9.47 Å². The Bertz CT molecular complexity index is 1700. The van der Waals surface area contributed by atoms with Crippen LogP contribution in [0.3, 0.4) is 0 Å². The smallest absolute Gasteiger partial charge is 0.198 e. The number of rotatable bonds is 1. The van der Waals surface area contributed by atoms with E-state index >= 15 is 0 Å². The molecule has 2 nitrogen and oxygen atoms in total. The molecule has 0 radical (unpaired) electrons. The van der Waals surface area contributed by atoms with Crippen molar-refractivity contribution in [2.24, 2.45) is 0 Å². The van der Waals surface area contributed by atoms with Gasteiger partial charge in [0.2, 0.25) is 0 Å². The fourth-order valence-electron chi connectivity index (χ4n) is 6.23. The molecule has 3 heteroatoms. The molecule has 0 saturated heterocycles. The van der Waals surface area contributed by atoms with E-state index in [-0.39, 0.29) is 0 Å². The standard InChI is InChI=1S/C32H20O2Si/c1-2-11-23(12-3-1)35-30-24-13-6-4-9-21(24)17-19-28(30)33-26-15-8-16-27(32(26)35)34-29-20-18-22-10-5-7-14-25(22)31(29)35/h1-20H. The first-order valence-electron chi connectivity index (χ1n) is 11.9. The van der Waals surface area contributed by atoms with Gasteiger partial charge in [-0.1, -0.05) is 97.1 Å². The van der Waals surface area contributed by atoms with E-state index in [9.17, 15) is 0 Å². The molecular weight excluding hydrogens is 444 g/mol. The van der Waals surface area contributed by atoms with Crippen molar-refractivity contribution >= 4 is 50.4 Å². The summed E-state index contributed by atoms with van der Waals surface area (Å²) in [5, 5.41) is 10.1. The minimum atomic E-state index is -2.83. The van der Waals surface area contributed by atoms with Gasteiger partial charge in [0.1, 0.15) is 23.0 Å². The van der Waals surface area contributed by atoms with Crippen LogP contribution >= 0.6 is 0 Å². The Labute approximate surface area is 204 Å². The van der Waals surface area contributed by atoms with Gasteiger partial charge in [0.15, 0.2) is 8.07 Å². The maximum absolute atomic E-state index is 6.66. The molecule has 0 amide bonds. The Kier molecular flexibility index (Phi) is 3.72. The minimum absolute atomic E-state index is 0.902. The average Bonchev–Trinajstić information content (AvgIpc) is 2.93. The van der Waals surface area contributed by atoms with Crippen molar-refractivity contribution in [3.63, 3.8) is 0 Å². The van der Waals surface area contributed by atoms with Crippen molar-refractivity contribution in [3.8, 4) is 23.0 Å². The second-order valence-electron chi connectivity index (χ2n) is 9.27. The van der Waals surface area contributed by atoms with Gasteiger partial charge in [0.25, 0.3) is 0 Å². The largest absolute Gasteiger partial charge is 0.457 e. The molecule has 2 heterocycles. The predicted octanol–water partition coefficient (Wildman–Crippen LogP) is 5.58. The van der Waals surface area contributed by atoms with Crippen molar-refractivity contribution in [1.29, 1.82) is 0 Å². The normalized spacial score (nSPS) is 14.4. The van der Waals surface area contributed by atoms with Gasteiger partial charge in [-0.25, -0.2) is 0 Å². The summed E-state index contributed by atoms with van der Waals surface area (Å²) in [5.74, 6) is 3.70. The number of hydrogen-bond donors (Lipinski definition) is 0. The highest BCUT2D eigenvalue weighted by Gasteiger charge is 2.55. The van der Waals surface area contributed by atoms with E-state index in [0.29, 0.717) is 0 Å². The van der Waals surface area contributed by atoms with Crippen LogP contribution < -0.4 is 30.2 Å². The van der Waals surface area contributed by atoms with E-state index in [2.05, 4.69) is 115 Å². The summed E-state index contributed by atoms with van der Waals surface area (Å²) in [6.45, 7) is 0. The van der Waals surface area contributed by atoms with Crippen LogP contribution in [0.15, 0.2) is 121 Å². The third-order valence-electron chi connectivity index (χ3n) is 7.54. The number of ether oxygens (including phenoxy) is 2. The van der Waals surface area contributed by atoms with Gasteiger partial charge in [-0.3, -0.25) is 0 Å². The number of fused-ring (bicyclic) bond motifs is 8. The Morgan fingerprint density at radius 3 is 1.43 bits per heavy atom. The molecule has 0 spiro atoms. The molecule has 0 atom stereocenters. The van der Waals surface area contributed by atoms with Crippen molar-refractivity contribution in [1.82, 2.24) is 0 Å². The monoisotopic (exact) mass is 464 g/mol. The SMILES string of the molecule is c1ccc([Si]23c4c(cccc4Oc4ccc5ccccc5c42)Oc2ccc4ccccc4c23)cc1. The van der Waals surface area contributed by atoms with Gasteiger partial charge in [-0.2, -0.15) is 0 Å². The molecule has 2 aliphatic rings. The highest BCUT2D eigenvalue weighted by molar-refractivity contribution is 7.23. The molecule has 8 rings (SSSR count). The Morgan fingerprint density at radius 2 is 0.857 bits per heavy atom. The van der Waals surface area contributed by atoms with Crippen LogP contribution in [0.5, 0.6) is 23.0 Å². The molecule has 6 aromatic rings. The highest BCUT2D eigenvalue weighted by Crippen LogP contribution is 2.41. The van der Waals surface area contributed by atoms with Gasteiger partial charge in [-0.15, -0.1) is 0 Å². The van der Waals surface area contributed by atoms with Gasteiger partial charge in [-0.05, 0) is 51.0 Å². The van der Waals surface area contributed by atoms with Crippen molar-refractivity contribution in [3.05, 3.63) is 121 Å². The quantitative estimate of drug-likeness (QED) is 0.295. The fourth-order valence-corrected chi connectivity index (χ4v) is 11.8. The summed E-state index contributed by atoms with van der Waals surface area (Å²) in [5.41, 5.74) is 0. The van der Waals surface area contributed by atoms with Crippen LogP contribution in [0.25, 0.3) is 21.5 Å². The van der Waals surface area contributed by atoms with E-state index in [1.54, 1.807) is 0 Å². The second kappa shape index (κ2) is 6.84. The molecule has 0 bridgehead atoms. The van der Waals surface area contributed by atoms with Crippen LogP contribution in [0.4, 0.5) is 0 Å². The summed E-state index contributed by atoms with van der Waals surface area (Å²) in [7, 11) is -2.83. The van der Waals surface area contributed by atoms with Crippen LogP contribution in [0.1, 0.15) is 0 Å². The summed E-state index contributed by atoms with van der Waals surface area (Å²) in [6.07, 6.45) is 0. The number of benzene rings is 6. The van der Waals surface area contributed by atoms with Gasteiger partial charge >= 0.3 is 0 Å².